The zero-order chi connectivity index (χ0) is 16.9. The Morgan fingerprint density at radius 2 is 2.21 bits per heavy atom. The highest BCUT2D eigenvalue weighted by molar-refractivity contribution is 5.80. The maximum Gasteiger partial charge on any atom is 0.233 e. The van der Waals surface area contributed by atoms with E-state index in [4.69, 9.17) is 4.74 Å². The van der Waals surface area contributed by atoms with Gasteiger partial charge in [-0.25, -0.2) is 4.98 Å². The highest BCUT2D eigenvalue weighted by Gasteiger charge is 2.31. The van der Waals surface area contributed by atoms with Gasteiger partial charge >= 0.3 is 0 Å². The zero-order valence-electron chi connectivity index (χ0n) is 14.1. The van der Waals surface area contributed by atoms with Crippen molar-refractivity contribution in [1.82, 2.24) is 9.88 Å². The van der Waals surface area contributed by atoms with Gasteiger partial charge in [-0.15, -0.1) is 0 Å². The van der Waals surface area contributed by atoms with E-state index in [-0.39, 0.29) is 11.9 Å². The first-order valence-corrected chi connectivity index (χ1v) is 8.68. The molecule has 1 N–H and O–H groups in total. The summed E-state index contributed by atoms with van der Waals surface area (Å²) < 4.78 is 5.13. The molecule has 1 aromatic heterocycles. The van der Waals surface area contributed by atoms with Crippen LogP contribution in [-0.4, -0.2) is 42.0 Å². The van der Waals surface area contributed by atoms with Gasteiger partial charge in [0.25, 0.3) is 0 Å². The number of ether oxygens (including phenoxy) is 1. The molecule has 1 aromatic rings. The van der Waals surface area contributed by atoms with Crippen LogP contribution in [0.1, 0.15) is 44.1 Å². The number of nitriles is 1. The Kier molecular flexibility index (Phi) is 5.19. The summed E-state index contributed by atoms with van der Waals surface area (Å²) in [5.74, 6) is 1.17. The Hall–Kier alpha value is -2.29. The minimum Gasteiger partial charge on any atom is -0.480 e. The van der Waals surface area contributed by atoms with Crippen LogP contribution in [0.5, 0.6) is 5.88 Å². The molecule has 0 radical (unpaired) electrons. The highest BCUT2D eigenvalue weighted by atomic mass is 16.5. The van der Waals surface area contributed by atoms with Crippen molar-refractivity contribution >= 4 is 11.6 Å². The van der Waals surface area contributed by atoms with E-state index in [1.54, 1.807) is 12.3 Å². The minimum atomic E-state index is 0.0281. The van der Waals surface area contributed by atoms with E-state index in [9.17, 15) is 10.1 Å². The topological polar surface area (TPSA) is 78.2 Å². The largest absolute Gasteiger partial charge is 0.480 e. The second-order valence-electron chi connectivity index (χ2n) is 6.70. The number of rotatable bonds is 5. The first-order valence-electron chi connectivity index (χ1n) is 8.68. The number of likely N-dealkylation sites (tertiary alicyclic amines) is 1. The second kappa shape index (κ2) is 7.52. The first-order chi connectivity index (χ1) is 11.7. The minimum absolute atomic E-state index is 0.0281. The lowest BCUT2D eigenvalue weighted by molar-refractivity contribution is -0.128. The van der Waals surface area contributed by atoms with Crippen LogP contribution < -0.4 is 10.1 Å². The summed E-state index contributed by atoms with van der Waals surface area (Å²) in [5, 5.41) is 12.7. The average molecular weight is 328 g/mol. The van der Waals surface area contributed by atoms with Crippen LogP contribution in [0, 0.1) is 17.2 Å². The number of anilines is 1. The number of nitrogens with zero attached hydrogens (tertiary/aromatic N) is 3. The fraction of sp³-hybridized carbons (Fsp3) is 0.611. The summed E-state index contributed by atoms with van der Waals surface area (Å²) in [5.41, 5.74) is 1.07. The summed E-state index contributed by atoms with van der Waals surface area (Å²) in [4.78, 5) is 18.3. The molecule has 1 atom stereocenters. The van der Waals surface area contributed by atoms with Crippen molar-refractivity contribution in [1.29, 1.82) is 5.26 Å². The van der Waals surface area contributed by atoms with Gasteiger partial charge in [0.05, 0.1) is 18.8 Å². The van der Waals surface area contributed by atoms with E-state index >= 15 is 0 Å². The Labute approximate surface area is 142 Å². The van der Waals surface area contributed by atoms with Gasteiger partial charge in [0.2, 0.25) is 11.8 Å². The highest BCUT2D eigenvalue weighted by Crippen LogP contribution is 2.28. The number of nitrogens with one attached hydrogen (secondary N) is 1. The third-order valence-electron chi connectivity index (χ3n) is 5.00. The summed E-state index contributed by atoms with van der Waals surface area (Å²) in [6.45, 7) is 1.58. The lowest BCUT2D eigenvalue weighted by Crippen LogP contribution is -2.33. The SMILES string of the molecule is COc1nccc(NC2CC(=O)N(CC3CCCCC3)C2)c1C#N. The predicted molar refractivity (Wildman–Crippen MR) is 90.7 cm³/mol. The second-order valence-corrected chi connectivity index (χ2v) is 6.70. The van der Waals surface area contributed by atoms with Crippen LogP contribution in [0.25, 0.3) is 0 Å². The van der Waals surface area contributed by atoms with E-state index in [0.29, 0.717) is 36.0 Å². The summed E-state index contributed by atoms with van der Waals surface area (Å²) in [6, 6.07) is 3.92. The molecule has 2 heterocycles. The molecule has 1 unspecified atom stereocenters. The molecule has 3 rings (SSSR count). The van der Waals surface area contributed by atoms with Crippen molar-refractivity contribution in [3.05, 3.63) is 17.8 Å². The number of carbonyl (C=O) groups is 1. The van der Waals surface area contributed by atoms with Gasteiger partial charge in [0, 0.05) is 25.7 Å². The normalized spacial score (nSPS) is 21.6. The van der Waals surface area contributed by atoms with Gasteiger partial charge < -0.3 is 15.0 Å². The first kappa shape index (κ1) is 16.6. The van der Waals surface area contributed by atoms with Crippen molar-refractivity contribution in [2.45, 2.75) is 44.6 Å². The van der Waals surface area contributed by atoms with Gasteiger partial charge in [-0.3, -0.25) is 4.79 Å². The zero-order valence-corrected chi connectivity index (χ0v) is 14.1. The third kappa shape index (κ3) is 3.61. The van der Waals surface area contributed by atoms with Crippen molar-refractivity contribution in [2.24, 2.45) is 5.92 Å². The van der Waals surface area contributed by atoms with Crippen LogP contribution in [0.4, 0.5) is 5.69 Å². The van der Waals surface area contributed by atoms with Crippen molar-refractivity contribution in [2.75, 3.05) is 25.5 Å². The number of aromatic nitrogens is 1. The molecule has 1 aliphatic heterocycles. The third-order valence-corrected chi connectivity index (χ3v) is 5.00. The fourth-order valence-corrected chi connectivity index (χ4v) is 3.77. The molecule has 1 amide bonds. The predicted octanol–water partition coefficient (Wildman–Crippen LogP) is 2.55. The molecule has 128 valence electrons. The van der Waals surface area contributed by atoms with E-state index in [1.165, 1.54) is 39.2 Å². The van der Waals surface area contributed by atoms with E-state index in [2.05, 4.69) is 16.4 Å². The van der Waals surface area contributed by atoms with Crippen LogP contribution in [-0.2, 0) is 4.79 Å². The van der Waals surface area contributed by atoms with Crippen molar-refractivity contribution < 1.29 is 9.53 Å². The van der Waals surface area contributed by atoms with Crippen molar-refractivity contribution in [3.63, 3.8) is 0 Å². The maximum absolute atomic E-state index is 12.3. The molecule has 6 nitrogen and oxygen atoms in total. The van der Waals surface area contributed by atoms with Crippen LogP contribution in [0.3, 0.4) is 0 Å². The number of hydrogen-bond acceptors (Lipinski definition) is 5. The lowest BCUT2D eigenvalue weighted by Gasteiger charge is -2.27. The molecule has 2 aliphatic rings. The monoisotopic (exact) mass is 328 g/mol. The average Bonchev–Trinajstić information content (AvgIpc) is 2.94. The molecule has 0 spiro atoms. The lowest BCUT2D eigenvalue weighted by atomic mass is 9.89. The Morgan fingerprint density at radius 3 is 2.92 bits per heavy atom. The van der Waals surface area contributed by atoms with Gasteiger partial charge in [-0.05, 0) is 24.8 Å². The smallest absolute Gasteiger partial charge is 0.233 e. The number of methoxy groups -OCH3 is 1. The van der Waals surface area contributed by atoms with E-state index in [0.717, 1.165) is 6.54 Å². The maximum atomic E-state index is 12.3. The van der Waals surface area contributed by atoms with E-state index in [1.807, 2.05) is 4.90 Å². The fourth-order valence-electron chi connectivity index (χ4n) is 3.77. The molecular formula is C18H24N4O2. The molecule has 6 heteroatoms. The quantitative estimate of drug-likeness (QED) is 0.899. The number of carbonyl (C=O) groups excluding carboxylic acids is 1. The van der Waals surface area contributed by atoms with Gasteiger partial charge in [-0.2, -0.15) is 5.26 Å². The molecule has 0 aromatic carbocycles. The molecule has 1 aliphatic carbocycles. The van der Waals surface area contributed by atoms with Crippen LogP contribution in [0.2, 0.25) is 0 Å². The Bertz CT molecular complexity index is 634. The summed E-state index contributed by atoms with van der Waals surface area (Å²) in [7, 11) is 1.50. The number of amides is 1. The number of pyridine rings is 1. The van der Waals surface area contributed by atoms with Crippen LogP contribution in [0.15, 0.2) is 12.3 Å². The van der Waals surface area contributed by atoms with E-state index < -0.39 is 0 Å². The summed E-state index contributed by atoms with van der Waals surface area (Å²) >= 11 is 0. The standard InChI is InChI=1S/C18H24N4O2/c1-24-18-15(10-19)16(7-8-20-18)21-14-9-17(23)22(12-14)11-13-5-3-2-4-6-13/h7-8,13-14H,2-6,9,11-12H2,1H3,(H,20,21). The Morgan fingerprint density at radius 1 is 1.42 bits per heavy atom. The molecule has 2 fully saturated rings. The number of hydrogen-bond donors (Lipinski definition) is 1. The molecule has 24 heavy (non-hydrogen) atoms. The van der Waals surface area contributed by atoms with Gasteiger partial charge in [0.15, 0.2) is 0 Å². The molecule has 1 saturated heterocycles. The molecule has 0 bridgehead atoms. The molecule has 1 saturated carbocycles. The van der Waals surface area contributed by atoms with Crippen LogP contribution >= 0.6 is 0 Å². The van der Waals surface area contributed by atoms with Crippen molar-refractivity contribution in [3.8, 4) is 11.9 Å². The summed E-state index contributed by atoms with van der Waals surface area (Å²) in [6.07, 6.45) is 8.47. The van der Waals surface area contributed by atoms with Gasteiger partial charge in [0.1, 0.15) is 11.6 Å². The Balaban J connectivity index is 1.63. The molecular weight excluding hydrogens is 304 g/mol. The van der Waals surface area contributed by atoms with Gasteiger partial charge in [-0.1, -0.05) is 19.3 Å².